The molecular formula is C23H26NO6-. The SMILES string of the molecule is CCC(OC(C)N1CCOCC1)(C(=O)[O-])C1(c2ccccc2)Oc2ccccc2O1. The van der Waals surface area contributed by atoms with Crippen LogP contribution >= 0.6 is 0 Å². The highest BCUT2D eigenvalue weighted by Crippen LogP contribution is 2.51. The number of hydrogen-bond donors (Lipinski definition) is 0. The van der Waals surface area contributed by atoms with E-state index >= 15 is 0 Å². The summed E-state index contributed by atoms with van der Waals surface area (Å²) in [5.41, 5.74) is -1.35. The fourth-order valence-corrected chi connectivity index (χ4v) is 4.15. The van der Waals surface area contributed by atoms with Crippen LogP contribution < -0.4 is 14.6 Å². The number of aliphatic carboxylic acids is 1. The van der Waals surface area contributed by atoms with Crippen LogP contribution in [0.4, 0.5) is 0 Å². The van der Waals surface area contributed by atoms with Gasteiger partial charge in [0.2, 0.25) is 0 Å². The van der Waals surface area contributed by atoms with Gasteiger partial charge in [-0.25, -0.2) is 0 Å². The Hall–Kier alpha value is -2.61. The number of carbonyl (C=O) groups is 1. The summed E-state index contributed by atoms with van der Waals surface area (Å²) in [4.78, 5) is 14.8. The van der Waals surface area contributed by atoms with E-state index in [2.05, 4.69) is 0 Å². The summed E-state index contributed by atoms with van der Waals surface area (Å²) in [6, 6.07) is 16.2. The Kier molecular flexibility index (Phi) is 5.69. The summed E-state index contributed by atoms with van der Waals surface area (Å²) in [5, 5.41) is 12.7. The molecule has 1 saturated heterocycles. The van der Waals surface area contributed by atoms with Crippen molar-refractivity contribution in [1.82, 2.24) is 4.90 Å². The molecule has 4 rings (SSSR count). The molecule has 30 heavy (non-hydrogen) atoms. The average molecular weight is 412 g/mol. The molecule has 0 aliphatic carbocycles. The first-order valence-electron chi connectivity index (χ1n) is 10.3. The third-order valence-corrected chi connectivity index (χ3v) is 5.80. The quantitative estimate of drug-likeness (QED) is 0.687. The van der Waals surface area contributed by atoms with Gasteiger partial charge in [-0.1, -0.05) is 49.4 Å². The number of ether oxygens (including phenoxy) is 4. The van der Waals surface area contributed by atoms with Crippen LogP contribution in [0.2, 0.25) is 0 Å². The predicted octanol–water partition coefficient (Wildman–Crippen LogP) is 1.90. The van der Waals surface area contributed by atoms with Gasteiger partial charge in [-0.3, -0.25) is 4.90 Å². The van der Waals surface area contributed by atoms with Gasteiger partial charge in [-0.2, -0.15) is 0 Å². The summed E-state index contributed by atoms with van der Waals surface area (Å²) in [5.74, 6) is -2.20. The van der Waals surface area contributed by atoms with Crippen molar-refractivity contribution < 1.29 is 28.8 Å². The van der Waals surface area contributed by atoms with Crippen LogP contribution in [0.3, 0.4) is 0 Å². The van der Waals surface area contributed by atoms with E-state index in [0.717, 1.165) is 0 Å². The van der Waals surface area contributed by atoms with E-state index in [4.69, 9.17) is 18.9 Å². The molecule has 2 aromatic rings. The average Bonchev–Trinajstić information content (AvgIpc) is 3.19. The maximum atomic E-state index is 12.7. The zero-order valence-electron chi connectivity index (χ0n) is 17.2. The zero-order valence-corrected chi connectivity index (χ0v) is 17.2. The molecule has 0 amide bonds. The van der Waals surface area contributed by atoms with Gasteiger partial charge in [-0.05, 0) is 25.5 Å². The number of para-hydroxylation sites is 2. The van der Waals surface area contributed by atoms with Crippen LogP contribution in [0.25, 0.3) is 0 Å². The van der Waals surface area contributed by atoms with Gasteiger partial charge in [0.25, 0.3) is 0 Å². The Morgan fingerprint density at radius 3 is 2.20 bits per heavy atom. The molecule has 2 aliphatic heterocycles. The molecule has 7 nitrogen and oxygen atoms in total. The monoisotopic (exact) mass is 412 g/mol. The van der Waals surface area contributed by atoms with Gasteiger partial charge in [0.05, 0.1) is 19.2 Å². The number of rotatable bonds is 7. The fraction of sp³-hybridized carbons (Fsp3) is 0.435. The van der Waals surface area contributed by atoms with Gasteiger partial charge in [0.1, 0.15) is 6.23 Å². The molecule has 0 saturated carbocycles. The van der Waals surface area contributed by atoms with Crippen molar-refractivity contribution in [2.45, 2.75) is 37.9 Å². The Bertz CT molecular complexity index is 857. The molecule has 2 atom stereocenters. The molecule has 2 heterocycles. The molecule has 160 valence electrons. The normalized spacial score (nSPS) is 21.0. The van der Waals surface area contributed by atoms with E-state index in [-0.39, 0.29) is 6.42 Å². The molecule has 0 spiro atoms. The lowest BCUT2D eigenvalue weighted by atomic mass is 9.84. The maximum absolute atomic E-state index is 12.7. The highest BCUT2D eigenvalue weighted by atomic mass is 16.8. The number of hydrogen-bond acceptors (Lipinski definition) is 7. The minimum Gasteiger partial charge on any atom is -0.547 e. The first kappa shape index (κ1) is 20.7. The second-order valence-corrected chi connectivity index (χ2v) is 7.47. The minimum absolute atomic E-state index is 0.0763. The molecule has 2 aromatic carbocycles. The summed E-state index contributed by atoms with van der Waals surface area (Å²) < 4.78 is 24.3. The van der Waals surface area contributed by atoms with Crippen molar-refractivity contribution in [3.05, 3.63) is 60.2 Å². The second-order valence-electron chi connectivity index (χ2n) is 7.47. The first-order chi connectivity index (χ1) is 14.5. The van der Waals surface area contributed by atoms with Gasteiger partial charge < -0.3 is 28.8 Å². The summed E-state index contributed by atoms with van der Waals surface area (Å²) in [6.07, 6.45) is -0.435. The van der Waals surface area contributed by atoms with E-state index in [0.29, 0.717) is 43.4 Å². The lowest BCUT2D eigenvalue weighted by Crippen LogP contribution is -2.68. The molecule has 0 N–H and O–H groups in total. The zero-order chi connectivity index (χ0) is 21.2. The number of carboxylic acids is 1. The van der Waals surface area contributed by atoms with Crippen molar-refractivity contribution in [3.63, 3.8) is 0 Å². The topological polar surface area (TPSA) is 80.3 Å². The Labute approximate surface area is 176 Å². The van der Waals surface area contributed by atoms with Crippen molar-refractivity contribution in [3.8, 4) is 11.5 Å². The fourth-order valence-electron chi connectivity index (χ4n) is 4.15. The van der Waals surface area contributed by atoms with Crippen LogP contribution in [-0.4, -0.2) is 49.0 Å². The highest BCUT2D eigenvalue weighted by Gasteiger charge is 2.63. The lowest BCUT2D eigenvalue weighted by molar-refractivity contribution is -0.363. The van der Waals surface area contributed by atoms with Crippen LogP contribution in [-0.2, 0) is 20.1 Å². The number of morpholine rings is 1. The van der Waals surface area contributed by atoms with Gasteiger partial charge in [0.15, 0.2) is 17.1 Å². The molecule has 2 aliphatic rings. The van der Waals surface area contributed by atoms with Crippen molar-refractivity contribution >= 4 is 5.97 Å². The highest BCUT2D eigenvalue weighted by molar-refractivity contribution is 5.78. The molecule has 0 radical (unpaired) electrons. The van der Waals surface area contributed by atoms with Crippen molar-refractivity contribution in [2.75, 3.05) is 26.3 Å². The Morgan fingerprint density at radius 1 is 1.10 bits per heavy atom. The number of nitrogens with zero attached hydrogens (tertiary/aromatic N) is 1. The standard InChI is InChI=1S/C23H27NO6/c1-3-22(21(25)26,28-17(2)24-13-15-27-16-14-24)23(18-9-5-4-6-10-18)29-19-11-7-8-12-20(19)30-23/h4-12,17H,3,13-16H2,1-2H3,(H,25,26)/p-1. The second kappa shape index (κ2) is 8.26. The molecule has 7 heteroatoms. The van der Waals surface area contributed by atoms with Crippen LogP contribution in [0.1, 0.15) is 25.8 Å². The third-order valence-electron chi connectivity index (χ3n) is 5.80. The Morgan fingerprint density at radius 2 is 1.67 bits per heavy atom. The van der Waals surface area contributed by atoms with Gasteiger partial charge in [-0.15, -0.1) is 0 Å². The molecular weight excluding hydrogens is 386 g/mol. The Balaban J connectivity index is 1.80. The van der Waals surface area contributed by atoms with E-state index < -0.39 is 23.6 Å². The summed E-state index contributed by atoms with van der Waals surface area (Å²) in [6.45, 7) is 6.01. The van der Waals surface area contributed by atoms with E-state index in [1.54, 1.807) is 31.2 Å². The van der Waals surface area contributed by atoms with Crippen molar-refractivity contribution in [1.29, 1.82) is 0 Å². The third kappa shape index (κ3) is 3.33. The minimum atomic E-state index is -1.90. The maximum Gasteiger partial charge on any atom is 0.313 e. The molecule has 2 unspecified atom stereocenters. The molecule has 0 aromatic heterocycles. The lowest BCUT2D eigenvalue weighted by Gasteiger charge is -2.48. The first-order valence-corrected chi connectivity index (χ1v) is 10.3. The van der Waals surface area contributed by atoms with Gasteiger partial charge in [0, 0.05) is 18.7 Å². The molecule has 1 fully saturated rings. The largest absolute Gasteiger partial charge is 0.547 e. The number of fused-ring (bicyclic) bond motifs is 1. The number of benzene rings is 2. The van der Waals surface area contributed by atoms with E-state index in [1.165, 1.54) is 0 Å². The van der Waals surface area contributed by atoms with Crippen LogP contribution in [0.5, 0.6) is 11.5 Å². The predicted molar refractivity (Wildman–Crippen MR) is 107 cm³/mol. The van der Waals surface area contributed by atoms with Crippen LogP contribution in [0.15, 0.2) is 54.6 Å². The molecule has 0 bridgehead atoms. The van der Waals surface area contributed by atoms with Gasteiger partial charge >= 0.3 is 5.79 Å². The van der Waals surface area contributed by atoms with Crippen molar-refractivity contribution in [2.24, 2.45) is 0 Å². The van der Waals surface area contributed by atoms with Crippen LogP contribution in [0, 0.1) is 0 Å². The summed E-state index contributed by atoms with van der Waals surface area (Å²) in [7, 11) is 0. The number of carboxylic acid groups (broad SMARTS) is 1. The van der Waals surface area contributed by atoms with E-state index in [9.17, 15) is 9.90 Å². The van der Waals surface area contributed by atoms with E-state index in [1.807, 2.05) is 42.2 Å². The summed E-state index contributed by atoms with van der Waals surface area (Å²) >= 11 is 0. The smallest absolute Gasteiger partial charge is 0.313 e. The number of carbonyl (C=O) groups excluding carboxylic acids is 1.